The summed E-state index contributed by atoms with van der Waals surface area (Å²) in [5, 5.41) is 3.19. The number of halogens is 1. The smallest absolute Gasteiger partial charge is 0.130 e. The molecule has 0 aliphatic carbocycles. The second-order valence-electron chi connectivity index (χ2n) is 4.16. The van der Waals surface area contributed by atoms with E-state index in [4.69, 9.17) is 4.74 Å². The Morgan fingerprint density at radius 3 is 2.73 bits per heavy atom. The van der Waals surface area contributed by atoms with Crippen molar-refractivity contribution in [3.05, 3.63) is 29.1 Å². The molecule has 82 valence electrons. The van der Waals surface area contributed by atoms with Gasteiger partial charge in [0.05, 0.1) is 7.11 Å². The summed E-state index contributed by atoms with van der Waals surface area (Å²) < 4.78 is 18.9. The molecule has 2 nitrogen and oxygen atoms in total. The van der Waals surface area contributed by atoms with Gasteiger partial charge in [-0.1, -0.05) is 0 Å². The Bertz CT molecular complexity index is 361. The van der Waals surface area contributed by atoms with Gasteiger partial charge < -0.3 is 10.1 Å². The minimum Gasteiger partial charge on any atom is -0.496 e. The molecule has 1 heterocycles. The maximum atomic E-state index is 13.7. The molecule has 0 atom stereocenters. The average molecular weight is 209 g/mol. The predicted octanol–water partition coefficient (Wildman–Crippen LogP) is 1.90. The van der Waals surface area contributed by atoms with Crippen molar-refractivity contribution in [2.45, 2.75) is 13.3 Å². The fraction of sp³-hybridized carbons (Fsp3) is 0.500. The first-order valence-electron chi connectivity index (χ1n) is 5.24. The first kappa shape index (κ1) is 10.4. The number of methoxy groups -OCH3 is 1. The molecule has 15 heavy (non-hydrogen) atoms. The van der Waals surface area contributed by atoms with Crippen molar-refractivity contribution in [3.8, 4) is 5.75 Å². The lowest BCUT2D eigenvalue weighted by Gasteiger charge is -2.27. The fourth-order valence-corrected chi connectivity index (χ4v) is 1.90. The Labute approximate surface area is 89.4 Å². The molecule has 0 amide bonds. The van der Waals surface area contributed by atoms with E-state index in [9.17, 15) is 4.39 Å². The topological polar surface area (TPSA) is 21.3 Å². The number of benzene rings is 1. The van der Waals surface area contributed by atoms with Crippen molar-refractivity contribution in [2.24, 2.45) is 5.92 Å². The highest BCUT2D eigenvalue weighted by atomic mass is 19.1. The highest BCUT2D eigenvalue weighted by molar-refractivity contribution is 5.38. The summed E-state index contributed by atoms with van der Waals surface area (Å²) in [6.07, 6.45) is 0.766. The van der Waals surface area contributed by atoms with Crippen LogP contribution in [0.1, 0.15) is 11.1 Å². The van der Waals surface area contributed by atoms with Crippen molar-refractivity contribution in [1.82, 2.24) is 5.32 Å². The van der Waals surface area contributed by atoms with Crippen LogP contribution in [0.3, 0.4) is 0 Å². The van der Waals surface area contributed by atoms with Gasteiger partial charge in [0.15, 0.2) is 0 Å². The van der Waals surface area contributed by atoms with E-state index in [0.29, 0.717) is 11.7 Å². The number of nitrogens with one attached hydrogen (secondary N) is 1. The third-order valence-corrected chi connectivity index (χ3v) is 2.88. The van der Waals surface area contributed by atoms with Gasteiger partial charge in [0.1, 0.15) is 11.6 Å². The minimum atomic E-state index is -0.140. The molecule has 0 saturated carbocycles. The summed E-state index contributed by atoms with van der Waals surface area (Å²) >= 11 is 0. The van der Waals surface area contributed by atoms with Crippen molar-refractivity contribution in [1.29, 1.82) is 0 Å². The zero-order valence-electron chi connectivity index (χ0n) is 9.14. The van der Waals surface area contributed by atoms with E-state index >= 15 is 0 Å². The Hall–Kier alpha value is -1.09. The van der Waals surface area contributed by atoms with Crippen LogP contribution in [0.25, 0.3) is 0 Å². The van der Waals surface area contributed by atoms with Crippen LogP contribution in [0.5, 0.6) is 5.75 Å². The van der Waals surface area contributed by atoms with Crippen LogP contribution in [-0.4, -0.2) is 20.2 Å². The molecule has 0 spiro atoms. The van der Waals surface area contributed by atoms with Crippen LogP contribution in [0.2, 0.25) is 0 Å². The first-order valence-corrected chi connectivity index (χ1v) is 5.24. The Morgan fingerprint density at radius 2 is 2.20 bits per heavy atom. The van der Waals surface area contributed by atoms with E-state index in [1.807, 2.05) is 13.0 Å². The molecule has 0 bridgehead atoms. The minimum absolute atomic E-state index is 0.140. The molecule has 1 fully saturated rings. The summed E-state index contributed by atoms with van der Waals surface area (Å²) in [6, 6.07) is 3.47. The molecule has 3 heteroatoms. The normalized spacial score (nSPS) is 16.2. The van der Waals surface area contributed by atoms with E-state index in [2.05, 4.69) is 5.32 Å². The summed E-state index contributed by atoms with van der Waals surface area (Å²) in [5.74, 6) is 1.09. The summed E-state index contributed by atoms with van der Waals surface area (Å²) in [5.41, 5.74) is 1.62. The highest BCUT2D eigenvalue weighted by Crippen LogP contribution is 2.27. The maximum Gasteiger partial charge on any atom is 0.130 e. The van der Waals surface area contributed by atoms with Crippen LogP contribution in [-0.2, 0) is 6.42 Å². The Balaban J connectivity index is 2.26. The van der Waals surface area contributed by atoms with Crippen LogP contribution >= 0.6 is 0 Å². The van der Waals surface area contributed by atoms with Gasteiger partial charge in [-0.3, -0.25) is 0 Å². The maximum absolute atomic E-state index is 13.7. The lowest BCUT2D eigenvalue weighted by atomic mass is 9.93. The number of aryl methyl sites for hydroxylation is 1. The van der Waals surface area contributed by atoms with Crippen LogP contribution in [0.15, 0.2) is 12.1 Å². The van der Waals surface area contributed by atoms with E-state index in [1.165, 1.54) is 0 Å². The van der Waals surface area contributed by atoms with E-state index in [0.717, 1.165) is 30.6 Å². The van der Waals surface area contributed by atoms with Crippen molar-refractivity contribution in [2.75, 3.05) is 20.2 Å². The molecule has 0 radical (unpaired) electrons. The average Bonchev–Trinajstić information content (AvgIpc) is 2.12. The van der Waals surface area contributed by atoms with Gasteiger partial charge in [-0.25, -0.2) is 4.39 Å². The van der Waals surface area contributed by atoms with Gasteiger partial charge in [-0.2, -0.15) is 0 Å². The molecule has 1 aromatic rings. The SMILES string of the molecule is COc1cc(C)cc(F)c1CC1CNC1. The summed E-state index contributed by atoms with van der Waals surface area (Å²) in [6.45, 7) is 3.84. The molecule has 1 aliphatic heterocycles. The molecular weight excluding hydrogens is 193 g/mol. The second-order valence-corrected chi connectivity index (χ2v) is 4.16. The van der Waals surface area contributed by atoms with E-state index < -0.39 is 0 Å². The largest absolute Gasteiger partial charge is 0.496 e. The lowest BCUT2D eigenvalue weighted by Crippen LogP contribution is -2.43. The second kappa shape index (κ2) is 4.19. The number of ether oxygens (including phenoxy) is 1. The third kappa shape index (κ3) is 2.12. The van der Waals surface area contributed by atoms with E-state index in [1.54, 1.807) is 13.2 Å². The fourth-order valence-electron chi connectivity index (χ4n) is 1.90. The lowest BCUT2D eigenvalue weighted by molar-refractivity contribution is 0.333. The van der Waals surface area contributed by atoms with Crippen molar-refractivity contribution >= 4 is 0 Å². The zero-order valence-corrected chi connectivity index (χ0v) is 9.14. The molecule has 1 aliphatic rings. The van der Waals surface area contributed by atoms with Crippen molar-refractivity contribution in [3.63, 3.8) is 0 Å². The van der Waals surface area contributed by atoms with Crippen molar-refractivity contribution < 1.29 is 9.13 Å². The Kier molecular flexibility index (Phi) is 2.91. The predicted molar refractivity (Wildman–Crippen MR) is 57.8 cm³/mol. The number of hydrogen-bond donors (Lipinski definition) is 1. The van der Waals surface area contributed by atoms with E-state index in [-0.39, 0.29) is 5.82 Å². The molecule has 1 N–H and O–H groups in total. The standard InChI is InChI=1S/C12H16FNO/c1-8-3-11(13)10(12(4-8)15-2)5-9-6-14-7-9/h3-4,9,14H,5-7H2,1-2H3. The van der Waals surface area contributed by atoms with Gasteiger partial charge in [0, 0.05) is 5.56 Å². The van der Waals surface area contributed by atoms with Gasteiger partial charge >= 0.3 is 0 Å². The van der Waals surface area contributed by atoms with Gasteiger partial charge in [-0.05, 0) is 50.0 Å². The summed E-state index contributed by atoms with van der Waals surface area (Å²) in [4.78, 5) is 0. The molecule has 0 unspecified atom stereocenters. The van der Waals surface area contributed by atoms with Gasteiger partial charge in [0.2, 0.25) is 0 Å². The third-order valence-electron chi connectivity index (χ3n) is 2.88. The van der Waals surface area contributed by atoms with Gasteiger partial charge in [-0.15, -0.1) is 0 Å². The van der Waals surface area contributed by atoms with Crippen LogP contribution in [0.4, 0.5) is 4.39 Å². The molecule has 2 rings (SSSR count). The Morgan fingerprint density at radius 1 is 1.47 bits per heavy atom. The molecule has 0 aromatic heterocycles. The first-order chi connectivity index (χ1) is 7.20. The van der Waals surface area contributed by atoms with Crippen LogP contribution < -0.4 is 10.1 Å². The molecule has 1 aromatic carbocycles. The van der Waals surface area contributed by atoms with Gasteiger partial charge in [0.25, 0.3) is 0 Å². The molecular formula is C12H16FNO. The van der Waals surface area contributed by atoms with Crippen LogP contribution in [0, 0.1) is 18.7 Å². The molecule has 1 saturated heterocycles. The number of hydrogen-bond acceptors (Lipinski definition) is 2. The summed E-state index contributed by atoms with van der Waals surface area (Å²) in [7, 11) is 1.59. The quantitative estimate of drug-likeness (QED) is 0.821. The number of rotatable bonds is 3. The monoisotopic (exact) mass is 209 g/mol. The highest BCUT2D eigenvalue weighted by Gasteiger charge is 2.21. The zero-order chi connectivity index (χ0) is 10.8.